The minimum absolute atomic E-state index is 0.00475. The van der Waals surface area contributed by atoms with Crippen molar-refractivity contribution in [2.24, 2.45) is 5.73 Å². The van der Waals surface area contributed by atoms with Crippen LogP contribution in [0.15, 0.2) is 16.6 Å². The molecule has 0 spiro atoms. The Bertz CT molecular complexity index is 422. The molecule has 1 atom stereocenters. The Kier molecular flexibility index (Phi) is 5.04. The van der Waals surface area contributed by atoms with Crippen LogP contribution in [0.25, 0.3) is 0 Å². The molecular weight excluding hydrogens is 320 g/mol. The zero-order valence-corrected chi connectivity index (χ0v) is 12.4. The fourth-order valence-electron chi connectivity index (χ4n) is 2.26. The van der Waals surface area contributed by atoms with Crippen molar-refractivity contribution in [2.45, 2.75) is 37.0 Å². The standard InChI is InChI=1S/C13H16BrF2NS/c14-9-5-6-10(15)12(13(9)16)11(17)7-18-8-3-1-2-4-8/h5-6,8,11H,1-4,7,17H2. The third-order valence-corrected chi connectivity index (χ3v) is 5.37. The lowest BCUT2D eigenvalue weighted by molar-refractivity contribution is 0.534. The van der Waals surface area contributed by atoms with Gasteiger partial charge in [0.15, 0.2) is 0 Å². The van der Waals surface area contributed by atoms with Gasteiger partial charge in [0.1, 0.15) is 11.6 Å². The van der Waals surface area contributed by atoms with Gasteiger partial charge in [0.25, 0.3) is 0 Å². The Balaban J connectivity index is 2.03. The molecule has 0 bridgehead atoms. The number of benzene rings is 1. The Morgan fingerprint density at radius 2 is 2.00 bits per heavy atom. The SMILES string of the molecule is NC(CSC1CCCC1)c1c(F)ccc(Br)c1F. The van der Waals surface area contributed by atoms with Crippen LogP contribution in [-0.2, 0) is 0 Å². The lowest BCUT2D eigenvalue weighted by Crippen LogP contribution is -2.18. The molecule has 100 valence electrons. The summed E-state index contributed by atoms with van der Waals surface area (Å²) < 4.78 is 27.7. The molecule has 0 saturated heterocycles. The molecule has 1 fully saturated rings. The van der Waals surface area contributed by atoms with Crippen LogP contribution in [0.5, 0.6) is 0 Å². The Labute approximate surface area is 119 Å². The van der Waals surface area contributed by atoms with Crippen molar-refractivity contribution in [1.29, 1.82) is 0 Å². The van der Waals surface area contributed by atoms with E-state index in [0.29, 0.717) is 11.0 Å². The summed E-state index contributed by atoms with van der Waals surface area (Å²) >= 11 is 4.80. The first-order valence-corrected chi connectivity index (χ1v) is 7.94. The molecule has 2 rings (SSSR count). The van der Waals surface area contributed by atoms with Crippen LogP contribution in [0, 0.1) is 11.6 Å². The summed E-state index contributed by atoms with van der Waals surface area (Å²) in [5.41, 5.74) is 5.92. The molecule has 0 aliphatic heterocycles. The number of hydrogen-bond acceptors (Lipinski definition) is 2. The molecule has 5 heteroatoms. The maximum atomic E-state index is 13.8. The van der Waals surface area contributed by atoms with Gasteiger partial charge in [-0.15, -0.1) is 0 Å². The summed E-state index contributed by atoms with van der Waals surface area (Å²) in [5, 5.41) is 0.606. The minimum atomic E-state index is -0.590. The summed E-state index contributed by atoms with van der Waals surface area (Å²) in [7, 11) is 0. The van der Waals surface area contributed by atoms with E-state index in [1.165, 1.54) is 37.8 Å². The molecule has 0 radical (unpaired) electrons. The van der Waals surface area contributed by atoms with Crippen molar-refractivity contribution < 1.29 is 8.78 Å². The van der Waals surface area contributed by atoms with Crippen molar-refractivity contribution in [3.05, 3.63) is 33.8 Å². The third kappa shape index (κ3) is 3.25. The minimum Gasteiger partial charge on any atom is -0.323 e. The zero-order chi connectivity index (χ0) is 13.1. The van der Waals surface area contributed by atoms with E-state index >= 15 is 0 Å². The smallest absolute Gasteiger partial charge is 0.145 e. The number of nitrogens with two attached hydrogens (primary N) is 1. The fourth-order valence-corrected chi connectivity index (χ4v) is 3.92. The van der Waals surface area contributed by atoms with Gasteiger partial charge >= 0.3 is 0 Å². The second kappa shape index (κ2) is 6.35. The highest BCUT2D eigenvalue weighted by atomic mass is 79.9. The molecule has 0 aromatic heterocycles. The summed E-state index contributed by atoms with van der Waals surface area (Å²) in [6, 6.07) is 2.03. The van der Waals surface area contributed by atoms with Crippen LogP contribution in [-0.4, -0.2) is 11.0 Å². The summed E-state index contributed by atoms with van der Waals surface area (Å²) in [5.74, 6) is -0.570. The van der Waals surface area contributed by atoms with Crippen LogP contribution >= 0.6 is 27.7 Å². The first-order chi connectivity index (χ1) is 8.59. The fraction of sp³-hybridized carbons (Fsp3) is 0.538. The second-order valence-electron chi connectivity index (χ2n) is 4.60. The Morgan fingerprint density at radius 3 is 2.67 bits per heavy atom. The van der Waals surface area contributed by atoms with Crippen molar-refractivity contribution in [2.75, 3.05) is 5.75 Å². The van der Waals surface area contributed by atoms with Gasteiger partial charge in [-0.25, -0.2) is 8.78 Å². The average molecular weight is 336 g/mol. The summed E-state index contributed by atoms with van der Waals surface area (Å²) in [6.45, 7) is 0. The highest BCUT2D eigenvalue weighted by Crippen LogP contribution is 2.33. The van der Waals surface area contributed by atoms with Gasteiger partial charge in [-0.1, -0.05) is 12.8 Å². The lowest BCUT2D eigenvalue weighted by atomic mass is 10.1. The molecule has 1 unspecified atom stereocenters. The highest BCUT2D eigenvalue weighted by Gasteiger charge is 2.22. The first-order valence-electron chi connectivity index (χ1n) is 6.10. The van der Waals surface area contributed by atoms with Gasteiger partial charge in [-0.2, -0.15) is 11.8 Å². The molecule has 18 heavy (non-hydrogen) atoms. The maximum Gasteiger partial charge on any atom is 0.145 e. The topological polar surface area (TPSA) is 26.0 Å². The number of rotatable bonds is 4. The van der Waals surface area contributed by atoms with Crippen LogP contribution < -0.4 is 5.73 Å². The van der Waals surface area contributed by atoms with Gasteiger partial charge in [0.2, 0.25) is 0 Å². The summed E-state index contributed by atoms with van der Waals surface area (Å²) in [4.78, 5) is 0. The number of hydrogen-bond donors (Lipinski definition) is 1. The van der Waals surface area contributed by atoms with Gasteiger partial charge in [-0.3, -0.25) is 0 Å². The third-order valence-electron chi connectivity index (χ3n) is 3.26. The quantitative estimate of drug-likeness (QED) is 0.825. The zero-order valence-electron chi connectivity index (χ0n) is 9.96. The summed E-state index contributed by atoms with van der Waals surface area (Å²) in [6.07, 6.45) is 4.90. The average Bonchev–Trinajstić information content (AvgIpc) is 2.85. The van der Waals surface area contributed by atoms with Crippen LogP contribution in [0.4, 0.5) is 8.78 Å². The molecule has 1 aromatic carbocycles. The van der Waals surface area contributed by atoms with Gasteiger partial charge < -0.3 is 5.73 Å². The maximum absolute atomic E-state index is 13.8. The molecule has 0 heterocycles. The second-order valence-corrected chi connectivity index (χ2v) is 6.79. The molecule has 1 aliphatic carbocycles. The van der Waals surface area contributed by atoms with Crippen LogP contribution in [0.3, 0.4) is 0 Å². The van der Waals surface area contributed by atoms with E-state index in [-0.39, 0.29) is 10.0 Å². The van der Waals surface area contributed by atoms with E-state index in [2.05, 4.69) is 15.9 Å². The molecule has 0 amide bonds. The van der Waals surface area contributed by atoms with Gasteiger partial charge in [-0.05, 0) is 40.9 Å². The monoisotopic (exact) mass is 335 g/mol. The lowest BCUT2D eigenvalue weighted by Gasteiger charge is -2.16. The molecule has 1 aromatic rings. The van der Waals surface area contributed by atoms with Crippen molar-refractivity contribution in [1.82, 2.24) is 0 Å². The number of halogens is 3. The predicted octanol–water partition coefficient (Wildman–Crippen LogP) is 4.40. The van der Waals surface area contributed by atoms with Crippen molar-refractivity contribution in [3.63, 3.8) is 0 Å². The largest absolute Gasteiger partial charge is 0.323 e. The van der Waals surface area contributed by atoms with Crippen molar-refractivity contribution in [3.8, 4) is 0 Å². The van der Waals surface area contributed by atoms with Crippen LogP contribution in [0.2, 0.25) is 0 Å². The van der Waals surface area contributed by atoms with E-state index in [1.807, 2.05) is 0 Å². The molecule has 2 N–H and O–H groups in total. The van der Waals surface area contributed by atoms with E-state index in [9.17, 15) is 8.78 Å². The van der Waals surface area contributed by atoms with Crippen molar-refractivity contribution >= 4 is 27.7 Å². The number of thioether (sulfide) groups is 1. The molecule has 1 nitrogen and oxygen atoms in total. The van der Waals surface area contributed by atoms with Crippen LogP contribution in [0.1, 0.15) is 37.3 Å². The Hall–Kier alpha value is -0.130. The van der Waals surface area contributed by atoms with E-state index in [1.54, 1.807) is 11.8 Å². The van der Waals surface area contributed by atoms with Gasteiger partial charge in [0.05, 0.1) is 4.47 Å². The van der Waals surface area contributed by atoms with Gasteiger partial charge in [0, 0.05) is 22.6 Å². The van der Waals surface area contributed by atoms with E-state index in [4.69, 9.17) is 5.73 Å². The normalized spacial score (nSPS) is 18.2. The Morgan fingerprint density at radius 1 is 1.33 bits per heavy atom. The first kappa shape index (κ1) is 14.3. The molecule has 1 aliphatic rings. The molecule has 1 saturated carbocycles. The van der Waals surface area contributed by atoms with E-state index in [0.717, 1.165) is 0 Å². The highest BCUT2D eigenvalue weighted by molar-refractivity contribution is 9.10. The van der Waals surface area contributed by atoms with E-state index < -0.39 is 17.7 Å². The predicted molar refractivity (Wildman–Crippen MR) is 75.7 cm³/mol. The molecular formula is C13H16BrF2NS.